The molecule has 0 saturated heterocycles. The summed E-state index contributed by atoms with van der Waals surface area (Å²) in [6.45, 7) is 2.85. The predicted molar refractivity (Wildman–Crippen MR) is 62.7 cm³/mol. The van der Waals surface area contributed by atoms with Crippen molar-refractivity contribution in [2.24, 2.45) is 0 Å². The van der Waals surface area contributed by atoms with E-state index in [9.17, 15) is 5.11 Å². The van der Waals surface area contributed by atoms with Crippen molar-refractivity contribution in [1.82, 2.24) is 0 Å². The van der Waals surface area contributed by atoms with E-state index in [4.69, 9.17) is 27.9 Å². The van der Waals surface area contributed by atoms with E-state index in [2.05, 4.69) is 0 Å². The summed E-state index contributed by atoms with van der Waals surface area (Å²) >= 11 is 11.6. The molecular formula is C11H14Cl2O2. The van der Waals surface area contributed by atoms with E-state index < -0.39 is 6.10 Å². The fraction of sp³-hybridized carbons (Fsp3) is 0.455. The zero-order chi connectivity index (χ0) is 11.3. The van der Waals surface area contributed by atoms with E-state index in [1.165, 1.54) is 0 Å². The molecule has 0 amide bonds. The van der Waals surface area contributed by atoms with E-state index >= 15 is 0 Å². The highest BCUT2D eigenvalue weighted by molar-refractivity contribution is 6.42. The Balaban J connectivity index is 2.53. The first-order chi connectivity index (χ1) is 7.13. The van der Waals surface area contributed by atoms with E-state index in [1.54, 1.807) is 12.1 Å². The van der Waals surface area contributed by atoms with Crippen LogP contribution in [0.1, 0.15) is 12.5 Å². The number of rotatable bonds is 5. The molecule has 84 valence electrons. The van der Waals surface area contributed by atoms with E-state index in [0.29, 0.717) is 29.7 Å². The molecule has 15 heavy (non-hydrogen) atoms. The van der Waals surface area contributed by atoms with Crippen molar-refractivity contribution in [2.45, 2.75) is 19.4 Å². The third-order valence-corrected chi connectivity index (χ3v) is 2.71. The molecule has 1 rings (SSSR count). The van der Waals surface area contributed by atoms with E-state index in [0.717, 1.165) is 5.56 Å². The summed E-state index contributed by atoms with van der Waals surface area (Å²) < 4.78 is 5.11. The van der Waals surface area contributed by atoms with Crippen molar-refractivity contribution in [3.8, 4) is 0 Å². The zero-order valence-electron chi connectivity index (χ0n) is 8.54. The van der Waals surface area contributed by atoms with Crippen LogP contribution in [0.25, 0.3) is 0 Å². The second-order valence-electron chi connectivity index (χ2n) is 3.27. The highest BCUT2D eigenvalue weighted by atomic mass is 35.5. The lowest BCUT2D eigenvalue weighted by molar-refractivity contribution is 0.0430. The number of hydrogen-bond acceptors (Lipinski definition) is 2. The van der Waals surface area contributed by atoms with Crippen molar-refractivity contribution >= 4 is 23.2 Å². The van der Waals surface area contributed by atoms with Gasteiger partial charge in [-0.1, -0.05) is 29.3 Å². The molecule has 1 aromatic rings. The van der Waals surface area contributed by atoms with Crippen LogP contribution in [0.5, 0.6) is 0 Å². The minimum atomic E-state index is -0.498. The van der Waals surface area contributed by atoms with Crippen LogP contribution in [0.15, 0.2) is 18.2 Å². The molecule has 1 N–H and O–H groups in total. The van der Waals surface area contributed by atoms with Gasteiger partial charge in [0.2, 0.25) is 0 Å². The highest BCUT2D eigenvalue weighted by Gasteiger charge is 2.07. The Labute approximate surface area is 99.8 Å². The first-order valence-electron chi connectivity index (χ1n) is 4.83. The van der Waals surface area contributed by atoms with Crippen LogP contribution in [0.2, 0.25) is 10.0 Å². The second kappa shape index (κ2) is 6.33. The molecule has 0 radical (unpaired) electrons. The van der Waals surface area contributed by atoms with Crippen LogP contribution in [-0.4, -0.2) is 24.4 Å². The molecule has 0 heterocycles. The number of halogens is 2. The highest BCUT2D eigenvalue weighted by Crippen LogP contribution is 2.23. The Morgan fingerprint density at radius 2 is 2.07 bits per heavy atom. The molecule has 0 fully saturated rings. The van der Waals surface area contributed by atoms with Gasteiger partial charge in [0.05, 0.1) is 22.8 Å². The largest absolute Gasteiger partial charge is 0.390 e. The maximum atomic E-state index is 9.59. The molecule has 2 nitrogen and oxygen atoms in total. The Kier molecular flexibility index (Phi) is 5.40. The standard InChI is InChI=1S/C11H14Cl2O2/c1-2-15-7-9(14)5-8-3-4-10(12)11(13)6-8/h3-4,6,9,14H,2,5,7H2,1H3. The minimum absolute atomic E-state index is 0.344. The number of benzene rings is 1. The summed E-state index contributed by atoms with van der Waals surface area (Å²) in [5.41, 5.74) is 0.955. The minimum Gasteiger partial charge on any atom is -0.390 e. The second-order valence-corrected chi connectivity index (χ2v) is 4.08. The topological polar surface area (TPSA) is 29.5 Å². The van der Waals surface area contributed by atoms with Crippen molar-refractivity contribution in [1.29, 1.82) is 0 Å². The number of aliphatic hydroxyl groups excluding tert-OH is 1. The zero-order valence-corrected chi connectivity index (χ0v) is 10.1. The van der Waals surface area contributed by atoms with Gasteiger partial charge in [0.15, 0.2) is 0 Å². The first-order valence-corrected chi connectivity index (χ1v) is 5.58. The Morgan fingerprint density at radius 3 is 2.67 bits per heavy atom. The third-order valence-electron chi connectivity index (χ3n) is 1.97. The molecule has 0 aliphatic carbocycles. The molecule has 0 bridgehead atoms. The quantitative estimate of drug-likeness (QED) is 0.869. The molecule has 0 spiro atoms. The average Bonchev–Trinajstić information content (AvgIpc) is 2.20. The van der Waals surface area contributed by atoms with Crippen molar-refractivity contribution in [3.05, 3.63) is 33.8 Å². The molecule has 1 atom stereocenters. The van der Waals surface area contributed by atoms with Gasteiger partial charge in [-0.15, -0.1) is 0 Å². The molecular weight excluding hydrogens is 235 g/mol. The van der Waals surface area contributed by atoms with Crippen LogP contribution in [0, 0.1) is 0 Å². The van der Waals surface area contributed by atoms with Gasteiger partial charge in [-0.05, 0) is 24.6 Å². The number of hydrogen-bond donors (Lipinski definition) is 1. The third kappa shape index (κ3) is 4.39. The average molecular weight is 249 g/mol. The van der Waals surface area contributed by atoms with Crippen LogP contribution >= 0.6 is 23.2 Å². The van der Waals surface area contributed by atoms with Gasteiger partial charge in [0.1, 0.15) is 0 Å². The summed E-state index contributed by atoms with van der Waals surface area (Å²) in [7, 11) is 0. The summed E-state index contributed by atoms with van der Waals surface area (Å²) in [5.74, 6) is 0. The van der Waals surface area contributed by atoms with Gasteiger partial charge in [-0.25, -0.2) is 0 Å². The van der Waals surface area contributed by atoms with Crippen LogP contribution in [0.4, 0.5) is 0 Å². The molecule has 0 aromatic heterocycles. The maximum Gasteiger partial charge on any atom is 0.0813 e. The lowest BCUT2D eigenvalue weighted by atomic mass is 10.1. The lowest BCUT2D eigenvalue weighted by Crippen LogP contribution is -2.18. The van der Waals surface area contributed by atoms with Crippen LogP contribution < -0.4 is 0 Å². The molecule has 1 aromatic carbocycles. The number of ether oxygens (including phenoxy) is 1. The van der Waals surface area contributed by atoms with Gasteiger partial charge >= 0.3 is 0 Å². The maximum absolute atomic E-state index is 9.59. The molecule has 0 aliphatic heterocycles. The Hall–Kier alpha value is -0.280. The van der Waals surface area contributed by atoms with Gasteiger partial charge in [0.25, 0.3) is 0 Å². The van der Waals surface area contributed by atoms with Crippen LogP contribution in [0.3, 0.4) is 0 Å². The fourth-order valence-corrected chi connectivity index (χ4v) is 1.57. The molecule has 4 heteroatoms. The van der Waals surface area contributed by atoms with E-state index in [-0.39, 0.29) is 0 Å². The van der Waals surface area contributed by atoms with Gasteiger partial charge in [-0.2, -0.15) is 0 Å². The lowest BCUT2D eigenvalue weighted by Gasteiger charge is -2.10. The van der Waals surface area contributed by atoms with Gasteiger partial charge in [0, 0.05) is 13.0 Å². The van der Waals surface area contributed by atoms with Crippen LogP contribution in [-0.2, 0) is 11.2 Å². The smallest absolute Gasteiger partial charge is 0.0813 e. The first kappa shape index (κ1) is 12.8. The molecule has 0 aliphatic rings. The summed E-state index contributed by atoms with van der Waals surface area (Å²) in [6.07, 6.45) is 0.0267. The summed E-state index contributed by atoms with van der Waals surface area (Å²) in [5, 5.41) is 10.6. The van der Waals surface area contributed by atoms with Crippen molar-refractivity contribution < 1.29 is 9.84 Å². The van der Waals surface area contributed by atoms with Gasteiger partial charge in [-0.3, -0.25) is 0 Å². The van der Waals surface area contributed by atoms with Crippen molar-refractivity contribution in [3.63, 3.8) is 0 Å². The predicted octanol–water partition coefficient (Wildman–Crippen LogP) is 2.93. The summed E-state index contributed by atoms with van der Waals surface area (Å²) in [6, 6.07) is 5.34. The number of aliphatic hydroxyl groups is 1. The molecule has 0 saturated carbocycles. The Bertz CT molecular complexity index is 315. The van der Waals surface area contributed by atoms with Gasteiger partial charge < -0.3 is 9.84 Å². The fourth-order valence-electron chi connectivity index (χ4n) is 1.25. The van der Waals surface area contributed by atoms with E-state index in [1.807, 2.05) is 13.0 Å². The van der Waals surface area contributed by atoms with Crippen molar-refractivity contribution in [2.75, 3.05) is 13.2 Å². The monoisotopic (exact) mass is 248 g/mol. The molecule has 1 unspecified atom stereocenters. The summed E-state index contributed by atoms with van der Waals surface area (Å²) in [4.78, 5) is 0. The SMILES string of the molecule is CCOCC(O)Cc1ccc(Cl)c(Cl)c1. The Morgan fingerprint density at radius 1 is 1.33 bits per heavy atom. The normalized spacial score (nSPS) is 12.8.